The number of hydrogen-bond acceptors (Lipinski definition) is 12. The molecule has 2 aromatic heterocycles. The van der Waals surface area contributed by atoms with Crippen LogP contribution in [0.15, 0.2) is 53.5 Å². The second-order valence-electron chi connectivity index (χ2n) is 13.5. The molecule has 10 N–H and O–H groups in total. The maximum atomic E-state index is 12.9. The molecule has 18 heteroatoms. The van der Waals surface area contributed by atoms with Crippen LogP contribution in [0, 0.1) is 0 Å². The largest absolute Gasteiger partial charge is 0.444 e. The van der Waals surface area contributed by atoms with E-state index in [2.05, 4.69) is 87.9 Å². The lowest BCUT2D eigenvalue weighted by atomic mass is 9.99. The molecule has 0 radical (unpaired) electrons. The number of nitrogens with zero attached hydrogens (tertiary/aromatic N) is 6. The highest BCUT2D eigenvalue weighted by molar-refractivity contribution is 6.31. The zero-order valence-corrected chi connectivity index (χ0v) is 31.4. The van der Waals surface area contributed by atoms with Crippen LogP contribution in [0.4, 0.5) is 16.4 Å². The van der Waals surface area contributed by atoms with E-state index in [9.17, 15) is 14.4 Å². The van der Waals surface area contributed by atoms with Gasteiger partial charge in [0.15, 0.2) is 34.3 Å². The number of anilines is 2. The number of tetrazole rings is 1. The fourth-order valence-corrected chi connectivity index (χ4v) is 5.40. The number of aryl methyl sites for hydroxylation is 2. The predicted octanol–water partition coefficient (Wildman–Crippen LogP) is 4.03. The van der Waals surface area contributed by atoms with Gasteiger partial charge in [-0.3, -0.25) is 19.9 Å². The normalized spacial score (nSPS) is 12.2. The number of aromatic nitrogens is 6. The molecule has 288 valence electrons. The summed E-state index contributed by atoms with van der Waals surface area (Å²) in [6.07, 6.45) is 4.94. The van der Waals surface area contributed by atoms with Crippen LogP contribution in [0.25, 0.3) is 11.1 Å². The molecule has 2 heterocycles. The number of benzene rings is 2. The van der Waals surface area contributed by atoms with E-state index in [1.165, 1.54) is 5.56 Å². The molecule has 0 saturated heterocycles. The molecule has 0 saturated carbocycles. The molecule has 0 spiro atoms. The van der Waals surface area contributed by atoms with E-state index in [1.807, 2.05) is 32.9 Å². The number of ether oxygens (including phenoxy) is 1. The van der Waals surface area contributed by atoms with Crippen molar-refractivity contribution in [1.82, 2.24) is 46.5 Å². The highest BCUT2D eigenvalue weighted by Gasteiger charge is 2.20. The third-order valence-electron chi connectivity index (χ3n) is 8.00. The summed E-state index contributed by atoms with van der Waals surface area (Å²) >= 11 is 5.83. The molecule has 0 aliphatic carbocycles. The van der Waals surface area contributed by atoms with Crippen LogP contribution in [0.2, 0.25) is 5.15 Å². The van der Waals surface area contributed by atoms with Crippen molar-refractivity contribution in [3.05, 3.63) is 76.3 Å². The fraction of sp³-hybridized carbons (Fsp3) is 0.417. The molecule has 0 aliphatic rings. The molecule has 4 aromatic rings. The number of nitrogen functional groups attached to an aromatic ring is 2. The van der Waals surface area contributed by atoms with E-state index < -0.39 is 23.6 Å². The molecule has 0 bridgehead atoms. The van der Waals surface area contributed by atoms with Crippen molar-refractivity contribution in [2.24, 2.45) is 10.7 Å². The number of rotatable bonds is 17. The number of alkyl carbamates (subject to hydrolysis) is 1. The Morgan fingerprint density at radius 2 is 1.57 bits per heavy atom. The first-order chi connectivity index (χ1) is 25.8. The van der Waals surface area contributed by atoms with Gasteiger partial charge in [-0.15, -0.1) is 10.2 Å². The summed E-state index contributed by atoms with van der Waals surface area (Å²) in [5.74, 6) is -0.662. The van der Waals surface area contributed by atoms with Crippen LogP contribution in [0.5, 0.6) is 0 Å². The second kappa shape index (κ2) is 19.8. The van der Waals surface area contributed by atoms with Gasteiger partial charge < -0.3 is 32.6 Å². The van der Waals surface area contributed by atoms with Crippen molar-refractivity contribution < 1.29 is 19.1 Å². The Morgan fingerprint density at radius 1 is 0.907 bits per heavy atom. The maximum absolute atomic E-state index is 12.9. The van der Waals surface area contributed by atoms with Crippen LogP contribution in [0.3, 0.4) is 0 Å². The van der Waals surface area contributed by atoms with Crippen molar-refractivity contribution in [3.63, 3.8) is 0 Å². The first kappa shape index (κ1) is 40.9. The lowest BCUT2D eigenvalue weighted by Gasteiger charge is -2.19. The number of unbranched alkanes of at least 4 members (excludes halogenated alkanes) is 2. The number of hydrogen-bond donors (Lipinski definition) is 7. The van der Waals surface area contributed by atoms with Gasteiger partial charge in [0.2, 0.25) is 5.91 Å². The Balaban J connectivity index is 1.15. The number of aromatic amines is 1. The summed E-state index contributed by atoms with van der Waals surface area (Å²) in [6, 6.07) is 16.2. The van der Waals surface area contributed by atoms with Crippen LogP contribution in [-0.2, 0) is 22.4 Å². The molecule has 17 nitrogen and oxygen atoms in total. The van der Waals surface area contributed by atoms with Gasteiger partial charge in [-0.25, -0.2) is 14.8 Å². The third-order valence-corrected chi connectivity index (χ3v) is 8.27. The highest BCUT2D eigenvalue weighted by atomic mass is 35.5. The summed E-state index contributed by atoms with van der Waals surface area (Å²) in [5, 5.41) is 22.3. The predicted molar refractivity (Wildman–Crippen MR) is 206 cm³/mol. The number of nitrogens with one attached hydrogen (secondary N) is 4. The van der Waals surface area contributed by atoms with Crippen molar-refractivity contribution in [3.8, 4) is 11.1 Å². The van der Waals surface area contributed by atoms with Crippen LogP contribution in [0.1, 0.15) is 92.8 Å². The summed E-state index contributed by atoms with van der Waals surface area (Å²) < 4.78 is 5.26. The van der Waals surface area contributed by atoms with E-state index in [0.717, 1.165) is 42.4 Å². The SMILES string of the molecule is CC(C)(C)OC(=O)NCCCC[C@H](NC(=O)CCc1ccc(-c2ccc(CCCCN=C(N)NC(=O)c3nc(Cl)c(N)nc3N)cc2)cc1)c1nn[nH]n1. The Labute approximate surface area is 318 Å². The van der Waals surface area contributed by atoms with Crippen molar-refractivity contribution in [2.75, 3.05) is 24.6 Å². The van der Waals surface area contributed by atoms with Crippen LogP contribution >= 0.6 is 11.6 Å². The molecular formula is C36H48ClN13O4. The van der Waals surface area contributed by atoms with Crippen LogP contribution in [-0.4, -0.2) is 73.1 Å². The minimum absolute atomic E-state index is 0.0587. The minimum atomic E-state index is -0.677. The van der Waals surface area contributed by atoms with Gasteiger partial charge in [0.1, 0.15) is 5.60 Å². The molecular weight excluding hydrogens is 714 g/mol. The third kappa shape index (κ3) is 13.6. The summed E-state index contributed by atoms with van der Waals surface area (Å²) in [6.45, 7) is 6.32. The summed E-state index contributed by atoms with van der Waals surface area (Å²) in [7, 11) is 0. The van der Waals surface area contributed by atoms with E-state index in [4.69, 9.17) is 33.5 Å². The fourth-order valence-electron chi connectivity index (χ4n) is 5.28. The maximum Gasteiger partial charge on any atom is 0.407 e. The number of aliphatic imine (C=N–C) groups is 1. The molecule has 0 aliphatic heterocycles. The number of nitrogens with two attached hydrogens (primary N) is 3. The van der Waals surface area contributed by atoms with E-state index in [1.54, 1.807) is 0 Å². The zero-order valence-electron chi connectivity index (χ0n) is 30.7. The molecule has 1 atom stereocenters. The lowest BCUT2D eigenvalue weighted by Crippen LogP contribution is -2.38. The van der Waals surface area contributed by atoms with E-state index in [0.29, 0.717) is 44.6 Å². The number of carbonyl (C=O) groups excluding carboxylic acids is 3. The van der Waals surface area contributed by atoms with Crippen molar-refractivity contribution in [2.45, 2.75) is 83.8 Å². The van der Waals surface area contributed by atoms with Gasteiger partial charge in [-0.1, -0.05) is 65.3 Å². The summed E-state index contributed by atoms with van der Waals surface area (Å²) in [5.41, 5.74) is 20.8. The molecule has 4 rings (SSSR count). The van der Waals surface area contributed by atoms with Gasteiger partial charge in [-0.2, -0.15) is 5.21 Å². The standard InChI is InChI=1S/C36H48ClN13O4/c1-36(2,3)54-35(53)42-21-7-5-9-26(32-47-49-50-48-32)43-27(51)19-14-23-12-17-25(18-13-23)24-15-10-22(11-16-24)8-4-6-20-41-34(40)46-33(52)28-30(38)45-31(39)29(37)44-28/h10-13,15-18,26H,4-9,14,19-21H2,1-3H3,(H,42,53)(H,43,51)(H4,38,39,45)(H3,40,41,46,52)(H,47,48,49,50)/t26-/m0/s1. The number of amides is 3. The van der Waals surface area contributed by atoms with E-state index >= 15 is 0 Å². The average Bonchev–Trinajstić information content (AvgIpc) is 3.66. The van der Waals surface area contributed by atoms with Gasteiger partial charge in [0, 0.05) is 19.5 Å². The van der Waals surface area contributed by atoms with Gasteiger partial charge in [0.25, 0.3) is 5.91 Å². The first-order valence-corrected chi connectivity index (χ1v) is 18.0. The molecule has 3 amide bonds. The Hall–Kier alpha value is -5.84. The zero-order chi connectivity index (χ0) is 39.1. The number of halogens is 1. The van der Waals surface area contributed by atoms with Crippen molar-refractivity contribution in [1.29, 1.82) is 0 Å². The van der Waals surface area contributed by atoms with E-state index in [-0.39, 0.29) is 34.3 Å². The number of carbonyl (C=O) groups is 3. The number of H-pyrrole nitrogens is 1. The molecule has 2 aromatic carbocycles. The van der Waals surface area contributed by atoms with Crippen molar-refractivity contribution >= 4 is 47.1 Å². The first-order valence-electron chi connectivity index (χ1n) is 17.6. The minimum Gasteiger partial charge on any atom is -0.444 e. The Morgan fingerprint density at radius 3 is 2.20 bits per heavy atom. The quantitative estimate of drug-likeness (QED) is 0.0457. The Bertz CT molecular complexity index is 1860. The molecule has 0 fully saturated rings. The number of guanidine groups is 1. The summed E-state index contributed by atoms with van der Waals surface area (Å²) in [4.78, 5) is 49.0. The van der Waals surface area contributed by atoms with Crippen LogP contribution < -0.4 is 33.2 Å². The highest BCUT2D eigenvalue weighted by Crippen LogP contribution is 2.22. The molecule has 0 unspecified atom stereocenters. The average molecular weight is 762 g/mol. The Kier molecular flexibility index (Phi) is 15.0. The topological polar surface area (TPSA) is 267 Å². The monoisotopic (exact) mass is 761 g/mol. The van der Waals surface area contributed by atoms with Gasteiger partial charge in [0.05, 0.1) is 6.04 Å². The van der Waals surface area contributed by atoms with Gasteiger partial charge >= 0.3 is 6.09 Å². The smallest absolute Gasteiger partial charge is 0.407 e. The molecule has 54 heavy (non-hydrogen) atoms. The second-order valence-corrected chi connectivity index (χ2v) is 13.9. The van der Waals surface area contributed by atoms with Gasteiger partial charge in [-0.05, 0) is 88.0 Å². The lowest BCUT2D eigenvalue weighted by molar-refractivity contribution is -0.121.